The lowest BCUT2D eigenvalue weighted by Crippen LogP contribution is -2.22. The van der Waals surface area contributed by atoms with Gasteiger partial charge in [0.05, 0.1) is 22.6 Å². The third kappa shape index (κ3) is 3.59. The molecule has 0 amide bonds. The average Bonchev–Trinajstić information content (AvgIpc) is 2.70. The minimum atomic E-state index is -0.395. The Bertz CT molecular complexity index is 1040. The predicted octanol–water partition coefficient (Wildman–Crippen LogP) is 3.92. The zero-order chi connectivity index (χ0) is 18.8. The van der Waals surface area contributed by atoms with Crippen molar-refractivity contribution >= 4 is 28.9 Å². The van der Waals surface area contributed by atoms with Crippen LogP contribution in [0.5, 0.6) is 11.5 Å². The fourth-order valence-electron chi connectivity index (χ4n) is 2.77. The van der Waals surface area contributed by atoms with Crippen LogP contribution in [0.25, 0.3) is 5.69 Å². The molecule has 0 aliphatic carbocycles. The summed E-state index contributed by atoms with van der Waals surface area (Å²) in [5, 5.41) is 7.86. The second-order valence-electron chi connectivity index (χ2n) is 5.88. The second-order valence-corrected chi connectivity index (χ2v) is 6.67. The van der Waals surface area contributed by atoms with Gasteiger partial charge in [-0.1, -0.05) is 41.4 Å². The quantitative estimate of drug-likeness (QED) is 0.714. The number of hydrogen-bond acceptors (Lipinski definition) is 5. The molecule has 8 heteroatoms. The summed E-state index contributed by atoms with van der Waals surface area (Å²) in [6.07, 6.45) is 1.52. The molecule has 1 N–H and O–H groups in total. The first-order chi connectivity index (χ1) is 13.1. The normalized spacial score (nSPS) is 12.7. The van der Waals surface area contributed by atoms with Gasteiger partial charge in [0.25, 0.3) is 5.56 Å². The highest BCUT2D eigenvalue weighted by molar-refractivity contribution is 6.33. The maximum atomic E-state index is 12.5. The zero-order valence-corrected chi connectivity index (χ0v) is 15.6. The van der Waals surface area contributed by atoms with E-state index in [0.717, 1.165) is 5.56 Å². The molecule has 2 heterocycles. The molecule has 1 aliphatic rings. The van der Waals surface area contributed by atoms with Gasteiger partial charge >= 0.3 is 0 Å². The number of nitrogens with one attached hydrogen (secondary N) is 1. The lowest BCUT2D eigenvalue weighted by atomic mass is 10.2. The van der Waals surface area contributed by atoms with Gasteiger partial charge in [0.15, 0.2) is 11.5 Å². The summed E-state index contributed by atoms with van der Waals surface area (Å²) in [6, 6.07) is 12.7. The monoisotopic (exact) mass is 403 g/mol. The first kappa shape index (κ1) is 17.7. The van der Waals surface area contributed by atoms with E-state index in [4.69, 9.17) is 32.7 Å². The summed E-state index contributed by atoms with van der Waals surface area (Å²) in [4.78, 5) is 12.5. The highest BCUT2D eigenvalue weighted by Gasteiger charge is 2.17. The lowest BCUT2D eigenvalue weighted by Gasteiger charge is -2.20. The Morgan fingerprint density at radius 2 is 1.89 bits per heavy atom. The van der Waals surface area contributed by atoms with Gasteiger partial charge in [-0.15, -0.1) is 0 Å². The molecule has 6 nitrogen and oxygen atoms in total. The molecule has 0 atom stereocenters. The molecule has 0 fully saturated rings. The van der Waals surface area contributed by atoms with Gasteiger partial charge in [-0.05, 0) is 29.8 Å². The van der Waals surface area contributed by atoms with Crippen LogP contribution in [0, 0.1) is 0 Å². The minimum absolute atomic E-state index is 0.0671. The first-order valence-electron chi connectivity index (χ1n) is 8.28. The van der Waals surface area contributed by atoms with Crippen molar-refractivity contribution in [3.63, 3.8) is 0 Å². The second kappa shape index (κ2) is 7.50. The van der Waals surface area contributed by atoms with Crippen molar-refractivity contribution < 1.29 is 9.47 Å². The van der Waals surface area contributed by atoms with Crippen LogP contribution >= 0.6 is 23.2 Å². The standard InChI is InChI=1S/C19H15Cl2N3O3/c20-14-8-12(9-16-18(14)27-7-6-26-16)10-22-15-11-23-24(19(25)17(15)21)13-4-2-1-3-5-13/h1-5,8-9,11,22H,6-7,10H2. The molecule has 0 saturated carbocycles. The molecular formula is C19H15Cl2N3O3. The Labute approximate surface area is 165 Å². The van der Waals surface area contributed by atoms with E-state index in [1.54, 1.807) is 18.2 Å². The first-order valence-corrected chi connectivity index (χ1v) is 9.04. The molecule has 1 aromatic heterocycles. The number of rotatable bonds is 4. The SMILES string of the molecule is O=c1c(Cl)c(NCc2cc(Cl)c3c(c2)OCCO3)cnn1-c1ccccc1. The molecular weight excluding hydrogens is 389 g/mol. The fourth-order valence-corrected chi connectivity index (χ4v) is 3.26. The van der Waals surface area contributed by atoms with Crippen LogP contribution in [0.2, 0.25) is 10.0 Å². The molecule has 27 heavy (non-hydrogen) atoms. The van der Waals surface area contributed by atoms with Crippen molar-refractivity contribution in [1.29, 1.82) is 0 Å². The van der Waals surface area contributed by atoms with E-state index in [0.29, 0.717) is 47.7 Å². The molecule has 2 aromatic carbocycles. The molecule has 0 unspecified atom stereocenters. The van der Waals surface area contributed by atoms with Gasteiger partial charge in [0, 0.05) is 6.54 Å². The molecule has 1 aliphatic heterocycles. The highest BCUT2D eigenvalue weighted by Crippen LogP contribution is 2.38. The van der Waals surface area contributed by atoms with E-state index in [1.165, 1.54) is 10.9 Å². The number of aromatic nitrogens is 2. The van der Waals surface area contributed by atoms with Crippen LogP contribution in [0.4, 0.5) is 5.69 Å². The third-order valence-corrected chi connectivity index (χ3v) is 4.71. The van der Waals surface area contributed by atoms with Crippen molar-refractivity contribution in [2.75, 3.05) is 18.5 Å². The number of halogens is 2. The Kier molecular flexibility index (Phi) is 4.92. The van der Waals surface area contributed by atoms with Crippen LogP contribution < -0.4 is 20.3 Å². The van der Waals surface area contributed by atoms with Crippen molar-refractivity contribution in [2.45, 2.75) is 6.54 Å². The Morgan fingerprint density at radius 3 is 2.70 bits per heavy atom. The summed E-state index contributed by atoms with van der Waals surface area (Å²) in [5.41, 5.74) is 1.56. The largest absolute Gasteiger partial charge is 0.486 e. The number of hydrogen-bond donors (Lipinski definition) is 1. The van der Waals surface area contributed by atoms with Crippen molar-refractivity contribution in [2.24, 2.45) is 0 Å². The minimum Gasteiger partial charge on any atom is -0.486 e. The molecule has 0 bridgehead atoms. The van der Waals surface area contributed by atoms with Crippen LogP contribution in [0.3, 0.4) is 0 Å². The van der Waals surface area contributed by atoms with Crippen LogP contribution in [-0.4, -0.2) is 23.0 Å². The number of fused-ring (bicyclic) bond motifs is 1. The number of nitrogens with zero attached hydrogens (tertiary/aromatic N) is 2. The molecule has 0 saturated heterocycles. The molecule has 0 radical (unpaired) electrons. The van der Waals surface area contributed by atoms with E-state index in [1.807, 2.05) is 24.3 Å². The smallest absolute Gasteiger partial charge is 0.292 e. The predicted molar refractivity (Wildman–Crippen MR) is 105 cm³/mol. The van der Waals surface area contributed by atoms with Crippen molar-refractivity contribution in [3.8, 4) is 17.2 Å². The molecule has 0 spiro atoms. The number of ether oxygens (including phenoxy) is 2. The molecule has 3 aromatic rings. The summed E-state index contributed by atoms with van der Waals surface area (Å²) < 4.78 is 12.3. The summed E-state index contributed by atoms with van der Waals surface area (Å²) in [6.45, 7) is 1.35. The zero-order valence-electron chi connectivity index (χ0n) is 14.1. The van der Waals surface area contributed by atoms with Gasteiger partial charge in [0.2, 0.25) is 0 Å². The van der Waals surface area contributed by atoms with Gasteiger partial charge in [-0.3, -0.25) is 4.79 Å². The number of anilines is 1. The Morgan fingerprint density at radius 1 is 1.11 bits per heavy atom. The van der Waals surface area contributed by atoms with Crippen molar-refractivity contribution in [1.82, 2.24) is 9.78 Å². The average molecular weight is 404 g/mol. The van der Waals surface area contributed by atoms with Crippen LogP contribution in [0.1, 0.15) is 5.56 Å². The summed E-state index contributed by atoms with van der Waals surface area (Å²) in [7, 11) is 0. The highest BCUT2D eigenvalue weighted by atomic mass is 35.5. The Hall–Kier alpha value is -2.70. The van der Waals surface area contributed by atoms with E-state index in [2.05, 4.69) is 10.4 Å². The maximum Gasteiger partial charge on any atom is 0.292 e. The van der Waals surface area contributed by atoms with Crippen LogP contribution in [-0.2, 0) is 6.54 Å². The molecule has 4 rings (SSSR count). The van der Waals surface area contributed by atoms with E-state index >= 15 is 0 Å². The summed E-state index contributed by atoms with van der Waals surface area (Å²) in [5.74, 6) is 1.16. The fraction of sp³-hybridized carbons (Fsp3) is 0.158. The third-order valence-electron chi connectivity index (χ3n) is 4.06. The van der Waals surface area contributed by atoms with Gasteiger partial charge in [0.1, 0.15) is 18.2 Å². The van der Waals surface area contributed by atoms with E-state index < -0.39 is 5.56 Å². The van der Waals surface area contributed by atoms with Crippen molar-refractivity contribution in [3.05, 3.63) is 74.6 Å². The van der Waals surface area contributed by atoms with Crippen LogP contribution in [0.15, 0.2) is 53.5 Å². The van der Waals surface area contributed by atoms with Gasteiger partial charge in [-0.25, -0.2) is 0 Å². The lowest BCUT2D eigenvalue weighted by molar-refractivity contribution is 0.171. The number of para-hydroxylation sites is 1. The molecule has 138 valence electrons. The van der Waals surface area contributed by atoms with E-state index in [-0.39, 0.29) is 5.02 Å². The van der Waals surface area contributed by atoms with E-state index in [9.17, 15) is 4.79 Å². The maximum absolute atomic E-state index is 12.5. The van der Waals surface area contributed by atoms with Gasteiger partial charge in [-0.2, -0.15) is 9.78 Å². The number of benzene rings is 2. The topological polar surface area (TPSA) is 65.4 Å². The van der Waals surface area contributed by atoms with Gasteiger partial charge < -0.3 is 14.8 Å². The Balaban J connectivity index is 1.56. The summed E-state index contributed by atoms with van der Waals surface area (Å²) >= 11 is 12.5.